The molecule has 0 aliphatic heterocycles. The lowest BCUT2D eigenvalue weighted by Crippen LogP contribution is -1.98. The Morgan fingerprint density at radius 3 is 2.36 bits per heavy atom. The topological polar surface area (TPSA) is 50.8 Å². The lowest BCUT2D eigenvalue weighted by Gasteiger charge is -2.08. The van der Waals surface area contributed by atoms with Crippen molar-refractivity contribution >= 4 is 10.9 Å². The van der Waals surface area contributed by atoms with Gasteiger partial charge < -0.3 is 4.74 Å². The zero-order chi connectivity index (χ0) is 17.2. The number of nitriles is 1. The first-order chi connectivity index (χ1) is 12.3. The average Bonchev–Trinajstić information content (AvgIpc) is 3.08. The molecule has 0 unspecified atom stereocenters. The van der Waals surface area contributed by atoms with Crippen molar-refractivity contribution in [2.45, 2.75) is 0 Å². The number of benzene rings is 3. The van der Waals surface area contributed by atoms with Crippen LogP contribution < -0.4 is 4.74 Å². The summed E-state index contributed by atoms with van der Waals surface area (Å²) in [6.45, 7) is 0. The van der Waals surface area contributed by atoms with E-state index in [1.165, 1.54) is 0 Å². The van der Waals surface area contributed by atoms with Gasteiger partial charge in [0.25, 0.3) is 0 Å². The van der Waals surface area contributed by atoms with E-state index < -0.39 is 0 Å². The van der Waals surface area contributed by atoms with Crippen LogP contribution in [0.4, 0.5) is 0 Å². The Morgan fingerprint density at radius 1 is 0.920 bits per heavy atom. The molecule has 1 aromatic heterocycles. The van der Waals surface area contributed by atoms with E-state index in [0.29, 0.717) is 5.56 Å². The van der Waals surface area contributed by atoms with Gasteiger partial charge in [0.2, 0.25) is 0 Å². The van der Waals surface area contributed by atoms with E-state index in [2.05, 4.69) is 6.07 Å². The van der Waals surface area contributed by atoms with Crippen LogP contribution in [0.3, 0.4) is 0 Å². The van der Waals surface area contributed by atoms with Crippen molar-refractivity contribution < 1.29 is 4.74 Å². The fraction of sp³-hybridized carbons (Fsp3) is 0.0476. The Morgan fingerprint density at radius 2 is 1.68 bits per heavy atom. The molecule has 1 heterocycles. The highest BCUT2D eigenvalue weighted by Crippen LogP contribution is 2.35. The number of methoxy groups -OCH3 is 1. The van der Waals surface area contributed by atoms with Crippen molar-refractivity contribution in [2.75, 3.05) is 7.11 Å². The fourth-order valence-corrected chi connectivity index (χ4v) is 2.98. The third-order valence-electron chi connectivity index (χ3n) is 4.17. The van der Waals surface area contributed by atoms with E-state index >= 15 is 0 Å². The van der Waals surface area contributed by atoms with Gasteiger partial charge in [0.05, 0.1) is 30.1 Å². The van der Waals surface area contributed by atoms with Crippen LogP contribution in [0.1, 0.15) is 5.56 Å². The number of hydrogen-bond donors (Lipinski definition) is 0. The largest absolute Gasteiger partial charge is 0.494 e. The van der Waals surface area contributed by atoms with Gasteiger partial charge in [0.15, 0.2) is 0 Å². The molecule has 4 heteroatoms. The van der Waals surface area contributed by atoms with Crippen LogP contribution >= 0.6 is 0 Å². The number of aromatic nitrogens is 2. The molecule has 0 aliphatic rings. The minimum Gasteiger partial charge on any atom is -0.494 e. The zero-order valence-electron chi connectivity index (χ0n) is 13.7. The SMILES string of the molecule is COc1cccc2c(-c3ccc(C#N)cc3)n(-c3ccccc3)nc12. The summed E-state index contributed by atoms with van der Waals surface area (Å²) in [6, 6.07) is 25.6. The normalized spacial score (nSPS) is 10.6. The third kappa shape index (κ3) is 2.52. The monoisotopic (exact) mass is 325 g/mol. The van der Waals surface area contributed by atoms with Gasteiger partial charge in [-0.1, -0.05) is 42.5 Å². The molecule has 4 aromatic rings. The molecule has 4 rings (SSSR count). The van der Waals surface area contributed by atoms with Crippen LogP contribution in [0.5, 0.6) is 5.75 Å². The van der Waals surface area contributed by atoms with Gasteiger partial charge in [-0.2, -0.15) is 10.4 Å². The van der Waals surface area contributed by atoms with Crippen LogP contribution in [0.25, 0.3) is 27.8 Å². The quantitative estimate of drug-likeness (QED) is 0.554. The summed E-state index contributed by atoms with van der Waals surface area (Å²) in [5, 5.41) is 14.9. The van der Waals surface area contributed by atoms with E-state index in [1.807, 2.05) is 77.5 Å². The molecule has 0 bridgehead atoms. The maximum atomic E-state index is 9.05. The van der Waals surface area contributed by atoms with E-state index in [1.54, 1.807) is 7.11 Å². The van der Waals surface area contributed by atoms with Crippen molar-refractivity contribution in [1.82, 2.24) is 9.78 Å². The molecule has 120 valence electrons. The lowest BCUT2D eigenvalue weighted by atomic mass is 10.1. The number of hydrogen-bond acceptors (Lipinski definition) is 3. The predicted octanol–water partition coefficient (Wildman–Crippen LogP) is 4.57. The van der Waals surface area contributed by atoms with Crippen LogP contribution in [-0.2, 0) is 0 Å². The van der Waals surface area contributed by atoms with Gasteiger partial charge in [0, 0.05) is 10.9 Å². The Balaban J connectivity index is 2.04. The van der Waals surface area contributed by atoms with Crippen molar-refractivity contribution in [3.8, 4) is 28.8 Å². The van der Waals surface area contributed by atoms with Crippen molar-refractivity contribution in [3.05, 3.63) is 78.4 Å². The van der Waals surface area contributed by atoms with Crippen LogP contribution in [0.2, 0.25) is 0 Å². The van der Waals surface area contributed by atoms with Crippen molar-refractivity contribution in [2.24, 2.45) is 0 Å². The maximum Gasteiger partial charge on any atom is 0.147 e. The van der Waals surface area contributed by atoms with Crippen molar-refractivity contribution in [3.63, 3.8) is 0 Å². The summed E-state index contributed by atoms with van der Waals surface area (Å²) in [7, 11) is 1.65. The second-order valence-corrected chi connectivity index (χ2v) is 5.64. The summed E-state index contributed by atoms with van der Waals surface area (Å²) >= 11 is 0. The van der Waals surface area contributed by atoms with Gasteiger partial charge in [-0.05, 0) is 30.3 Å². The molecule has 0 spiro atoms. The Hall–Kier alpha value is -3.58. The first-order valence-electron chi connectivity index (χ1n) is 7.93. The summed E-state index contributed by atoms with van der Waals surface area (Å²) in [4.78, 5) is 0. The summed E-state index contributed by atoms with van der Waals surface area (Å²) in [5.74, 6) is 0.738. The highest BCUT2D eigenvalue weighted by Gasteiger charge is 2.17. The summed E-state index contributed by atoms with van der Waals surface area (Å²) in [6.07, 6.45) is 0. The maximum absolute atomic E-state index is 9.05. The summed E-state index contributed by atoms with van der Waals surface area (Å²) in [5.41, 5.74) is 4.40. The second-order valence-electron chi connectivity index (χ2n) is 5.64. The number of para-hydroxylation sites is 1. The molecular weight excluding hydrogens is 310 g/mol. The van der Waals surface area contributed by atoms with E-state index in [0.717, 1.165) is 33.6 Å². The molecule has 3 aromatic carbocycles. The highest BCUT2D eigenvalue weighted by atomic mass is 16.5. The second kappa shape index (κ2) is 6.14. The van der Waals surface area contributed by atoms with E-state index in [4.69, 9.17) is 15.1 Å². The summed E-state index contributed by atoms with van der Waals surface area (Å²) < 4.78 is 7.41. The van der Waals surface area contributed by atoms with Gasteiger partial charge in [-0.3, -0.25) is 0 Å². The molecule has 0 N–H and O–H groups in total. The molecule has 0 atom stereocenters. The van der Waals surface area contributed by atoms with E-state index in [-0.39, 0.29) is 0 Å². The van der Waals surface area contributed by atoms with Crippen molar-refractivity contribution in [1.29, 1.82) is 5.26 Å². The lowest BCUT2D eigenvalue weighted by molar-refractivity contribution is 0.418. The molecule has 0 saturated heterocycles. The van der Waals surface area contributed by atoms with Gasteiger partial charge in [-0.25, -0.2) is 4.68 Å². The molecule has 0 radical (unpaired) electrons. The standard InChI is InChI=1S/C21H15N3O/c1-25-19-9-5-8-18-20(19)23-24(17-6-3-2-4-7-17)21(18)16-12-10-15(14-22)11-13-16/h2-13H,1H3. The van der Waals surface area contributed by atoms with Crippen LogP contribution in [0, 0.1) is 11.3 Å². The average molecular weight is 325 g/mol. The number of rotatable bonds is 3. The first kappa shape index (κ1) is 15.0. The Kier molecular flexibility index (Phi) is 3.68. The highest BCUT2D eigenvalue weighted by molar-refractivity contribution is 5.97. The first-order valence-corrected chi connectivity index (χ1v) is 7.93. The number of nitrogens with zero attached hydrogens (tertiary/aromatic N) is 3. The Bertz CT molecular complexity index is 1070. The molecule has 0 amide bonds. The van der Waals surface area contributed by atoms with Crippen LogP contribution in [-0.4, -0.2) is 16.9 Å². The van der Waals surface area contributed by atoms with Gasteiger partial charge in [0.1, 0.15) is 11.3 Å². The Labute approximate surface area is 145 Å². The minimum atomic E-state index is 0.636. The third-order valence-corrected chi connectivity index (χ3v) is 4.17. The molecule has 25 heavy (non-hydrogen) atoms. The molecule has 0 fully saturated rings. The van der Waals surface area contributed by atoms with Gasteiger partial charge in [-0.15, -0.1) is 0 Å². The molecular formula is C21H15N3O. The molecule has 0 saturated carbocycles. The zero-order valence-corrected chi connectivity index (χ0v) is 13.7. The fourth-order valence-electron chi connectivity index (χ4n) is 2.98. The van der Waals surface area contributed by atoms with E-state index in [9.17, 15) is 0 Å². The molecule has 4 nitrogen and oxygen atoms in total. The number of ether oxygens (including phenoxy) is 1. The van der Waals surface area contributed by atoms with Crippen LogP contribution in [0.15, 0.2) is 72.8 Å². The minimum absolute atomic E-state index is 0.636. The van der Waals surface area contributed by atoms with Gasteiger partial charge >= 0.3 is 0 Å². The smallest absolute Gasteiger partial charge is 0.147 e. The molecule has 0 aliphatic carbocycles. The number of fused-ring (bicyclic) bond motifs is 1. The predicted molar refractivity (Wildman–Crippen MR) is 97.8 cm³/mol.